The molecule has 0 spiro atoms. The number of hydrogen-bond donors (Lipinski definition) is 1. The number of rotatable bonds is 13. The molecule has 0 bridgehead atoms. The lowest BCUT2D eigenvalue weighted by molar-refractivity contribution is -0.140. The van der Waals surface area contributed by atoms with Crippen molar-refractivity contribution in [2.75, 3.05) is 23.7 Å². The predicted octanol–water partition coefficient (Wildman–Crippen LogP) is 5.82. The number of halogens is 5. The number of nitrogens with one attached hydrogen (secondary N) is 1. The molecule has 0 aliphatic carbocycles. The molecule has 3 aromatic rings. The highest BCUT2D eigenvalue weighted by molar-refractivity contribution is 7.92. The second-order valence-corrected chi connectivity index (χ2v) is 12.2. The lowest BCUT2D eigenvalue weighted by Gasteiger charge is -2.33. The number of anilines is 1. The summed E-state index contributed by atoms with van der Waals surface area (Å²) >= 11 is 5.73. The minimum absolute atomic E-state index is 0.0593. The first-order valence-corrected chi connectivity index (χ1v) is 15.6. The van der Waals surface area contributed by atoms with E-state index >= 15 is 0 Å². The first-order valence-electron chi connectivity index (χ1n) is 13.4. The van der Waals surface area contributed by atoms with Gasteiger partial charge >= 0.3 is 6.18 Å². The topological polar surface area (TPSA) is 86.8 Å². The lowest BCUT2D eigenvalue weighted by Crippen LogP contribution is -2.53. The standard InChI is InChI=1S/C30H32ClF4N3O4S/c1-3-4-16-36-29(40)27(17-21-8-6-5-7-9-21)37(19-22-10-12-23(32)13-11-22)28(39)20-38(43(2,41)42)24-14-15-26(31)25(18-24)30(33,34)35/h5-15,18,27H,3-4,16-17,19-20H2,1-2H3,(H,36,40)/t27-/m0/s1. The molecule has 0 aliphatic rings. The highest BCUT2D eigenvalue weighted by Crippen LogP contribution is 2.37. The molecule has 0 aromatic heterocycles. The fourth-order valence-corrected chi connectivity index (χ4v) is 5.41. The number of carbonyl (C=O) groups excluding carboxylic acids is 2. The van der Waals surface area contributed by atoms with E-state index in [1.54, 1.807) is 30.3 Å². The van der Waals surface area contributed by atoms with Gasteiger partial charge in [0.1, 0.15) is 18.4 Å². The van der Waals surface area contributed by atoms with Gasteiger partial charge in [0.15, 0.2) is 0 Å². The van der Waals surface area contributed by atoms with Crippen molar-refractivity contribution >= 4 is 39.1 Å². The second-order valence-electron chi connectivity index (χ2n) is 9.93. The van der Waals surface area contributed by atoms with E-state index in [-0.39, 0.29) is 13.0 Å². The highest BCUT2D eigenvalue weighted by atomic mass is 35.5. The molecule has 0 fully saturated rings. The van der Waals surface area contributed by atoms with Crippen LogP contribution in [0.25, 0.3) is 0 Å². The molecule has 13 heteroatoms. The van der Waals surface area contributed by atoms with E-state index in [1.165, 1.54) is 29.2 Å². The summed E-state index contributed by atoms with van der Waals surface area (Å²) in [5.41, 5.74) is -0.539. The fraction of sp³-hybridized carbons (Fsp3) is 0.333. The molecule has 0 saturated carbocycles. The minimum Gasteiger partial charge on any atom is -0.354 e. The van der Waals surface area contributed by atoms with Crippen LogP contribution >= 0.6 is 11.6 Å². The van der Waals surface area contributed by atoms with E-state index in [0.717, 1.165) is 24.8 Å². The van der Waals surface area contributed by atoms with Gasteiger partial charge < -0.3 is 10.2 Å². The van der Waals surface area contributed by atoms with Crippen LogP contribution in [0.15, 0.2) is 72.8 Å². The van der Waals surface area contributed by atoms with Gasteiger partial charge in [-0.05, 0) is 47.9 Å². The number of amides is 2. The quantitative estimate of drug-likeness (QED) is 0.188. The molecule has 3 rings (SSSR count). The van der Waals surface area contributed by atoms with E-state index in [9.17, 15) is 35.6 Å². The van der Waals surface area contributed by atoms with Gasteiger partial charge in [-0.25, -0.2) is 12.8 Å². The third-order valence-electron chi connectivity index (χ3n) is 6.59. The van der Waals surface area contributed by atoms with Crippen molar-refractivity contribution in [1.82, 2.24) is 10.2 Å². The summed E-state index contributed by atoms with van der Waals surface area (Å²) in [5, 5.41) is 2.18. The van der Waals surface area contributed by atoms with Crippen molar-refractivity contribution in [2.45, 2.75) is 44.9 Å². The first-order chi connectivity index (χ1) is 20.2. The molecule has 232 valence electrons. The predicted molar refractivity (Wildman–Crippen MR) is 157 cm³/mol. The maximum absolute atomic E-state index is 14.0. The number of carbonyl (C=O) groups is 2. The largest absolute Gasteiger partial charge is 0.417 e. The van der Waals surface area contributed by atoms with Gasteiger partial charge in [-0.2, -0.15) is 13.2 Å². The summed E-state index contributed by atoms with van der Waals surface area (Å²) in [7, 11) is -4.30. The third kappa shape index (κ3) is 9.69. The number of hydrogen-bond acceptors (Lipinski definition) is 4. The zero-order valence-corrected chi connectivity index (χ0v) is 25.1. The average Bonchev–Trinajstić information content (AvgIpc) is 2.94. The Hall–Kier alpha value is -3.64. The third-order valence-corrected chi connectivity index (χ3v) is 8.06. The monoisotopic (exact) mass is 641 g/mol. The number of benzene rings is 3. The van der Waals surface area contributed by atoms with Gasteiger partial charge in [-0.1, -0.05) is 67.4 Å². The number of nitrogens with zero attached hydrogens (tertiary/aromatic N) is 2. The summed E-state index contributed by atoms with van der Waals surface area (Å²) in [6.07, 6.45) is -2.59. The number of alkyl halides is 3. The van der Waals surface area contributed by atoms with Gasteiger partial charge in [0, 0.05) is 19.5 Å². The zero-order chi connectivity index (χ0) is 31.8. The van der Waals surface area contributed by atoms with Crippen LogP contribution in [0.1, 0.15) is 36.5 Å². The fourth-order valence-electron chi connectivity index (χ4n) is 4.35. The van der Waals surface area contributed by atoms with Crippen LogP contribution in [0.2, 0.25) is 5.02 Å². The molecule has 0 saturated heterocycles. The van der Waals surface area contributed by atoms with Crippen LogP contribution in [-0.4, -0.2) is 50.5 Å². The molecule has 7 nitrogen and oxygen atoms in total. The average molecular weight is 642 g/mol. The van der Waals surface area contributed by atoms with E-state index in [0.29, 0.717) is 34.5 Å². The van der Waals surface area contributed by atoms with Crippen molar-refractivity contribution in [3.63, 3.8) is 0 Å². The van der Waals surface area contributed by atoms with E-state index < -0.39 is 62.7 Å². The molecule has 43 heavy (non-hydrogen) atoms. The Balaban J connectivity index is 2.07. The maximum Gasteiger partial charge on any atom is 0.417 e. The van der Waals surface area contributed by atoms with Crippen LogP contribution in [-0.2, 0) is 38.8 Å². The Bertz CT molecular complexity index is 1500. The van der Waals surface area contributed by atoms with E-state index in [2.05, 4.69) is 5.32 Å². The summed E-state index contributed by atoms with van der Waals surface area (Å²) in [5.74, 6) is -1.87. The van der Waals surface area contributed by atoms with Gasteiger partial charge in [0.05, 0.1) is 22.5 Å². The minimum atomic E-state index is -4.88. The lowest BCUT2D eigenvalue weighted by atomic mass is 10.0. The summed E-state index contributed by atoms with van der Waals surface area (Å²) < 4.78 is 80.6. The van der Waals surface area contributed by atoms with Crippen LogP contribution in [0.3, 0.4) is 0 Å². The van der Waals surface area contributed by atoms with Crippen molar-refractivity contribution in [3.8, 4) is 0 Å². The Morgan fingerprint density at radius 1 is 0.977 bits per heavy atom. The van der Waals surface area contributed by atoms with E-state index in [1.807, 2.05) is 6.92 Å². The number of sulfonamides is 1. The van der Waals surface area contributed by atoms with E-state index in [4.69, 9.17) is 11.6 Å². The van der Waals surface area contributed by atoms with Gasteiger partial charge in [0.25, 0.3) is 0 Å². The van der Waals surface area contributed by atoms with Crippen LogP contribution in [0.5, 0.6) is 0 Å². The molecule has 0 aliphatic heterocycles. The number of unbranched alkanes of at least 4 members (excludes halogenated alkanes) is 1. The molecule has 1 N–H and O–H groups in total. The second kappa shape index (κ2) is 14.7. The summed E-state index contributed by atoms with van der Waals surface area (Å²) in [6.45, 7) is 1.16. The van der Waals surface area contributed by atoms with Crippen LogP contribution < -0.4 is 9.62 Å². The van der Waals surface area contributed by atoms with Crippen LogP contribution in [0, 0.1) is 5.82 Å². The molecular weight excluding hydrogens is 610 g/mol. The molecule has 0 unspecified atom stereocenters. The summed E-state index contributed by atoms with van der Waals surface area (Å²) in [4.78, 5) is 28.7. The SMILES string of the molecule is CCCCNC(=O)[C@H](Cc1ccccc1)N(Cc1ccc(F)cc1)C(=O)CN(c1ccc(Cl)c(C(F)(F)F)c1)S(C)(=O)=O. The normalized spacial score (nSPS) is 12.4. The van der Waals surface area contributed by atoms with Crippen molar-refractivity contribution < 1.29 is 35.6 Å². The highest BCUT2D eigenvalue weighted by Gasteiger charge is 2.36. The molecule has 0 heterocycles. The van der Waals surface area contributed by atoms with Crippen molar-refractivity contribution in [2.24, 2.45) is 0 Å². The van der Waals surface area contributed by atoms with Crippen molar-refractivity contribution in [1.29, 1.82) is 0 Å². The molecule has 0 radical (unpaired) electrons. The Kier molecular flexibility index (Phi) is 11.6. The van der Waals surface area contributed by atoms with Crippen LogP contribution in [0.4, 0.5) is 23.2 Å². The van der Waals surface area contributed by atoms with Gasteiger partial charge in [0.2, 0.25) is 21.8 Å². The molecule has 3 aromatic carbocycles. The van der Waals surface area contributed by atoms with Gasteiger partial charge in [-0.15, -0.1) is 0 Å². The molecule has 1 atom stereocenters. The first kappa shape index (κ1) is 33.9. The Morgan fingerprint density at radius 2 is 1.63 bits per heavy atom. The Labute approximate surface area is 253 Å². The summed E-state index contributed by atoms with van der Waals surface area (Å²) in [6, 6.07) is 15.4. The maximum atomic E-state index is 14.0. The van der Waals surface area contributed by atoms with Crippen molar-refractivity contribution in [3.05, 3.63) is 100 Å². The van der Waals surface area contributed by atoms with Gasteiger partial charge in [-0.3, -0.25) is 13.9 Å². The molecule has 2 amide bonds. The zero-order valence-electron chi connectivity index (χ0n) is 23.6. The Morgan fingerprint density at radius 3 is 2.21 bits per heavy atom. The molecular formula is C30H32ClF4N3O4S. The smallest absolute Gasteiger partial charge is 0.354 e.